The first-order valence-electron chi connectivity index (χ1n) is 7.13. The fourth-order valence-corrected chi connectivity index (χ4v) is 2.46. The van der Waals surface area contributed by atoms with Crippen LogP contribution in [0.2, 0.25) is 0 Å². The van der Waals surface area contributed by atoms with E-state index in [4.69, 9.17) is 9.47 Å². The minimum Gasteiger partial charge on any atom is -0.435 e. The molecular formula is C15H28O3. The summed E-state index contributed by atoms with van der Waals surface area (Å²) in [7, 11) is 0. The molecule has 1 fully saturated rings. The molecule has 1 rings (SSSR count). The number of cyclic esters (lactones) is 1. The van der Waals surface area contributed by atoms with E-state index in [0.29, 0.717) is 5.92 Å². The Morgan fingerprint density at radius 3 is 2.39 bits per heavy atom. The summed E-state index contributed by atoms with van der Waals surface area (Å²) in [4.78, 5) is 12.2. The van der Waals surface area contributed by atoms with Crippen LogP contribution in [0.15, 0.2) is 0 Å². The minimum atomic E-state index is -0.422. The van der Waals surface area contributed by atoms with Crippen molar-refractivity contribution in [2.45, 2.75) is 73.2 Å². The van der Waals surface area contributed by atoms with Gasteiger partial charge < -0.3 is 9.47 Å². The molecule has 0 radical (unpaired) electrons. The molecule has 0 aromatic carbocycles. The second-order valence-electron chi connectivity index (χ2n) is 6.62. The molecule has 0 aliphatic carbocycles. The van der Waals surface area contributed by atoms with Crippen molar-refractivity contribution < 1.29 is 14.3 Å². The van der Waals surface area contributed by atoms with Gasteiger partial charge in [0.25, 0.3) is 0 Å². The SMILES string of the molecule is CCCC[C@@H](C)[C@H]1C(=O)O[C@H](C(C)(C)C)O[C@@H]1C. The number of esters is 1. The molecule has 3 nitrogen and oxygen atoms in total. The zero-order valence-corrected chi connectivity index (χ0v) is 12.7. The van der Waals surface area contributed by atoms with Gasteiger partial charge >= 0.3 is 5.97 Å². The Bertz CT molecular complexity index is 280. The van der Waals surface area contributed by atoms with Crippen molar-refractivity contribution in [2.24, 2.45) is 17.3 Å². The van der Waals surface area contributed by atoms with Gasteiger partial charge in [-0.05, 0) is 19.3 Å². The van der Waals surface area contributed by atoms with Crippen molar-refractivity contribution in [1.29, 1.82) is 0 Å². The van der Waals surface area contributed by atoms with E-state index in [9.17, 15) is 4.79 Å². The summed E-state index contributed by atoms with van der Waals surface area (Å²) < 4.78 is 11.4. The van der Waals surface area contributed by atoms with Crippen LogP contribution in [0.4, 0.5) is 0 Å². The van der Waals surface area contributed by atoms with Crippen LogP contribution in [0.25, 0.3) is 0 Å². The molecule has 1 saturated heterocycles. The zero-order chi connectivity index (χ0) is 13.9. The van der Waals surface area contributed by atoms with Gasteiger partial charge in [-0.25, -0.2) is 0 Å². The highest BCUT2D eigenvalue weighted by atomic mass is 16.7. The van der Waals surface area contributed by atoms with Gasteiger partial charge in [-0.1, -0.05) is 47.5 Å². The van der Waals surface area contributed by atoms with E-state index in [1.54, 1.807) is 0 Å². The predicted octanol–water partition coefficient (Wildman–Crippen LogP) is 3.76. The normalized spacial score (nSPS) is 31.0. The lowest BCUT2D eigenvalue weighted by Gasteiger charge is -2.41. The fourth-order valence-electron chi connectivity index (χ4n) is 2.46. The van der Waals surface area contributed by atoms with E-state index < -0.39 is 6.29 Å². The van der Waals surface area contributed by atoms with Gasteiger partial charge in [-0.2, -0.15) is 0 Å². The quantitative estimate of drug-likeness (QED) is 0.718. The number of hydrogen-bond acceptors (Lipinski definition) is 3. The van der Waals surface area contributed by atoms with Gasteiger partial charge in [0.2, 0.25) is 6.29 Å². The predicted molar refractivity (Wildman–Crippen MR) is 72.1 cm³/mol. The second-order valence-corrected chi connectivity index (χ2v) is 6.62. The first kappa shape index (κ1) is 15.5. The summed E-state index contributed by atoms with van der Waals surface area (Å²) in [5.74, 6) is 0.126. The molecule has 4 atom stereocenters. The van der Waals surface area contributed by atoms with Crippen LogP contribution in [0, 0.1) is 17.3 Å². The highest BCUT2D eigenvalue weighted by Crippen LogP contribution is 2.35. The standard InChI is InChI=1S/C15H28O3/c1-7-8-9-10(2)12-11(3)17-14(15(4,5)6)18-13(12)16/h10-12,14H,7-9H2,1-6H3/t10-,11-,12-,14-/m1/s1. The van der Waals surface area contributed by atoms with Gasteiger partial charge in [0.05, 0.1) is 12.0 Å². The zero-order valence-electron chi connectivity index (χ0n) is 12.7. The van der Waals surface area contributed by atoms with E-state index in [-0.39, 0.29) is 23.4 Å². The summed E-state index contributed by atoms with van der Waals surface area (Å²) in [5.41, 5.74) is -0.165. The molecule has 0 saturated carbocycles. The molecular weight excluding hydrogens is 228 g/mol. The number of rotatable bonds is 4. The van der Waals surface area contributed by atoms with Crippen molar-refractivity contribution in [1.82, 2.24) is 0 Å². The molecule has 0 N–H and O–H groups in total. The molecule has 0 bridgehead atoms. The lowest BCUT2D eigenvalue weighted by atomic mass is 9.84. The molecule has 0 aromatic rings. The van der Waals surface area contributed by atoms with Gasteiger partial charge in [-0.3, -0.25) is 4.79 Å². The maximum Gasteiger partial charge on any atom is 0.314 e. The summed E-state index contributed by atoms with van der Waals surface area (Å²) in [6.07, 6.45) is 2.90. The maximum atomic E-state index is 12.2. The molecule has 1 aliphatic heterocycles. The number of ether oxygens (including phenoxy) is 2. The summed E-state index contributed by atoms with van der Waals surface area (Å²) >= 11 is 0. The van der Waals surface area contributed by atoms with Crippen LogP contribution < -0.4 is 0 Å². The Hall–Kier alpha value is -0.570. The van der Waals surface area contributed by atoms with Crippen molar-refractivity contribution in [2.75, 3.05) is 0 Å². The fraction of sp³-hybridized carbons (Fsp3) is 0.933. The summed E-state index contributed by atoms with van der Waals surface area (Å²) in [6.45, 7) is 12.4. The number of hydrogen-bond donors (Lipinski definition) is 0. The molecule has 18 heavy (non-hydrogen) atoms. The van der Waals surface area contributed by atoms with Gasteiger partial charge in [0, 0.05) is 5.41 Å². The molecule has 0 aromatic heterocycles. The van der Waals surface area contributed by atoms with Crippen LogP contribution in [0.3, 0.4) is 0 Å². The van der Waals surface area contributed by atoms with Gasteiger partial charge in [-0.15, -0.1) is 0 Å². The Kier molecular flexibility index (Phi) is 5.20. The second kappa shape index (κ2) is 6.05. The Labute approximate surface area is 111 Å². The average Bonchev–Trinajstić information content (AvgIpc) is 2.24. The lowest BCUT2D eigenvalue weighted by Crippen LogP contribution is -2.49. The third-order valence-electron chi connectivity index (χ3n) is 3.67. The maximum absolute atomic E-state index is 12.2. The molecule has 106 valence electrons. The van der Waals surface area contributed by atoms with E-state index >= 15 is 0 Å². The van der Waals surface area contributed by atoms with Gasteiger partial charge in [0.15, 0.2) is 0 Å². The Morgan fingerprint density at radius 2 is 1.94 bits per heavy atom. The number of carbonyl (C=O) groups excluding carboxylic acids is 1. The number of carbonyl (C=O) groups is 1. The first-order valence-corrected chi connectivity index (χ1v) is 7.13. The largest absolute Gasteiger partial charge is 0.435 e. The molecule has 0 spiro atoms. The van der Waals surface area contributed by atoms with Crippen molar-refractivity contribution in [3.8, 4) is 0 Å². The van der Waals surface area contributed by atoms with Crippen molar-refractivity contribution >= 4 is 5.97 Å². The van der Waals surface area contributed by atoms with Crippen LogP contribution in [0.1, 0.15) is 60.8 Å². The average molecular weight is 256 g/mol. The van der Waals surface area contributed by atoms with E-state index in [2.05, 4.69) is 13.8 Å². The van der Waals surface area contributed by atoms with E-state index in [0.717, 1.165) is 19.3 Å². The lowest BCUT2D eigenvalue weighted by molar-refractivity contribution is -0.258. The topological polar surface area (TPSA) is 35.5 Å². The molecule has 1 aliphatic rings. The molecule has 3 heteroatoms. The highest BCUT2D eigenvalue weighted by Gasteiger charge is 2.43. The number of unbranched alkanes of at least 4 members (excludes halogenated alkanes) is 1. The molecule has 1 heterocycles. The summed E-state index contributed by atoms with van der Waals surface area (Å²) in [5, 5.41) is 0. The smallest absolute Gasteiger partial charge is 0.314 e. The first-order chi connectivity index (χ1) is 8.27. The van der Waals surface area contributed by atoms with Crippen molar-refractivity contribution in [3.05, 3.63) is 0 Å². The summed E-state index contributed by atoms with van der Waals surface area (Å²) in [6, 6.07) is 0. The third kappa shape index (κ3) is 3.71. The van der Waals surface area contributed by atoms with E-state index in [1.165, 1.54) is 0 Å². The minimum absolute atomic E-state index is 0.0534. The van der Waals surface area contributed by atoms with Crippen LogP contribution in [-0.4, -0.2) is 18.4 Å². The molecule has 0 amide bonds. The Balaban J connectivity index is 2.66. The Morgan fingerprint density at radius 1 is 1.33 bits per heavy atom. The van der Waals surface area contributed by atoms with Crippen LogP contribution >= 0.6 is 0 Å². The van der Waals surface area contributed by atoms with Gasteiger partial charge in [0.1, 0.15) is 0 Å². The van der Waals surface area contributed by atoms with E-state index in [1.807, 2.05) is 27.7 Å². The monoisotopic (exact) mass is 256 g/mol. The van der Waals surface area contributed by atoms with Crippen LogP contribution in [-0.2, 0) is 14.3 Å². The van der Waals surface area contributed by atoms with Crippen molar-refractivity contribution in [3.63, 3.8) is 0 Å². The third-order valence-corrected chi connectivity index (χ3v) is 3.67. The highest BCUT2D eigenvalue weighted by molar-refractivity contribution is 5.74. The van der Waals surface area contributed by atoms with Crippen LogP contribution in [0.5, 0.6) is 0 Å². The molecule has 0 unspecified atom stereocenters.